The topological polar surface area (TPSA) is 76.3 Å². The number of aryl methyl sites for hydroxylation is 1. The predicted molar refractivity (Wildman–Crippen MR) is 101 cm³/mol. The van der Waals surface area contributed by atoms with E-state index in [-0.39, 0.29) is 11.3 Å². The Kier molecular flexibility index (Phi) is 5.04. The van der Waals surface area contributed by atoms with Gasteiger partial charge in [0.1, 0.15) is 0 Å². The lowest BCUT2D eigenvalue weighted by atomic mass is 10.1. The van der Waals surface area contributed by atoms with Crippen LogP contribution < -0.4 is 11.0 Å². The Hall–Kier alpha value is -2.80. The zero-order chi connectivity index (χ0) is 17.8. The molecule has 3 aromatic rings. The van der Waals surface area contributed by atoms with Gasteiger partial charge >= 0.3 is 0 Å². The third-order valence-electron chi connectivity index (χ3n) is 3.66. The predicted octanol–water partition coefficient (Wildman–Crippen LogP) is 2.94. The maximum atomic E-state index is 12.5. The van der Waals surface area contributed by atoms with E-state index < -0.39 is 5.91 Å². The van der Waals surface area contributed by atoms with E-state index in [1.807, 2.05) is 24.3 Å². The van der Waals surface area contributed by atoms with Crippen molar-refractivity contribution in [1.29, 1.82) is 0 Å². The second kappa shape index (κ2) is 7.40. The molecule has 0 radical (unpaired) electrons. The fourth-order valence-electron chi connectivity index (χ4n) is 2.41. The summed E-state index contributed by atoms with van der Waals surface area (Å²) >= 11 is 3.41. The molecule has 0 aliphatic heterocycles. The van der Waals surface area contributed by atoms with Gasteiger partial charge in [0.05, 0.1) is 11.6 Å². The first kappa shape index (κ1) is 17.0. The summed E-state index contributed by atoms with van der Waals surface area (Å²) in [6.45, 7) is 2.18. The van der Waals surface area contributed by atoms with Crippen molar-refractivity contribution in [2.24, 2.45) is 5.10 Å². The second-order valence-electron chi connectivity index (χ2n) is 5.24. The molecule has 0 spiro atoms. The second-order valence-corrected chi connectivity index (χ2v) is 6.09. The maximum absolute atomic E-state index is 12.5. The van der Waals surface area contributed by atoms with E-state index in [0.717, 1.165) is 10.0 Å². The molecule has 1 amide bonds. The quantitative estimate of drug-likeness (QED) is 0.542. The third-order valence-corrected chi connectivity index (χ3v) is 4.38. The first-order valence-corrected chi connectivity index (χ1v) is 8.49. The average molecular weight is 399 g/mol. The van der Waals surface area contributed by atoms with Crippen molar-refractivity contribution in [2.45, 2.75) is 13.5 Å². The van der Waals surface area contributed by atoms with E-state index in [0.29, 0.717) is 17.3 Å². The third kappa shape index (κ3) is 3.51. The molecule has 126 valence electrons. The molecule has 0 saturated heterocycles. The highest BCUT2D eigenvalue weighted by molar-refractivity contribution is 9.10. The summed E-state index contributed by atoms with van der Waals surface area (Å²) in [5, 5.41) is 9.12. The van der Waals surface area contributed by atoms with Crippen LogP contribution >= 0.6 is 15.9 Å². The number of fused-ring (bicyclic) bond motifs is 1. The summed E-state index contributed by atoms with van der Waals surface area (Å²) < 4.78 is 2.14. The van der Waals surface area contributed by atoms with E-state index in [1.54, 1.807) is 37.4 Å². The van der Waals surface area contributed by atoms with Crippen LogP contribution in [-0.2, 0) is 6.54 Å². The summed E-state index contributed by atoms with van der Waals surface area (Å²) in [6.07, 6.45) is 1.54. The van der Waals surface area contributed by atoms with Crippen LogP contribution in [0.1, 0.15) is 23.0 Å². The van der Waals surface area contributed by atoms with Crippen molar-refractivity contribution < 1.29 is 4.79 Å². The van der Waals surface area contributed by atoms with Gasteiger partial charge in [-0.3, -0.25) is 9.59 Å². The number of aromatic nitrogens is 2. The Labute approximate surface area is 152 Å². The van der Waals surface area contributed by atoms with Crippen molar-refractivity contribution in [3.05, 3.63) is 74.6 Å². The van der Waals surface area contributed by atoms with E-state index >= 15 is 0 Å². The van der Waals surface area contributed by atoms with E-state index in [4.69, 9.17) is 0 Å². The molecule has 0 fully saturated rings. The van der Waals surface area contributed by atoms with Crippen molar-refractivity contribution in [1.82, 2.24) is 15.2 Å². The molecular formula is C18H15BrN4O2. The Morgan fingerprint density at radius 3 is 2.60 bits per heavy atom. The minimum Gasteiger partial charge on any atom is -0.267 e. The van der Waals surface area contributed by atoms with Gasteiger partial charge in [0.15, 0.2) is 5.69 Å². The molecule has 0 aliphatic carbocycles. The van der Waals surface area contributed by atoms with E-state index in [1.165, 1.54) is 4.68 Å². The molecule has 1 heterocycles. The molecule has 0 atom stereocenters. The van der Waals surface area contributed by atoms with Gasteiger partial charge in [-0.2, -0.15) is 10.2 Å². The molecule has 7 heteroatoms. The van der Waals surface area contributed by atoms with Gasteiger partial charge in [0, 0.05) is 22.0 Å². The Balaban J connectivity index is 1.94. The summed E-state index contributed by atoms with van der Waals surface area (Å²) in [5.41, 5.74) is 3.25. The zero-order valence-electron chi connectivity index (χ0n) is 13.4. The highest BCUT2D eigenvalue weighted by Crippen LogP contribution is 2.14. The molecule has 0 saturated carbocycles. The molecule has 6 nitrogen and oxygen atoms in total. The normalized spacial score (nSPS) is 11.1. The first-order chi connectivity index (χ1) is 12.1. The van der Waals surface area contributed by atoms with Crippen LogP contribution in [0.4, 0.5) is 0 Å². The number of carbonyl (C=O) groups excluding carboxylic acids is 1. The van der Waals surface area contributed by atoms with Gasteiger partial charge < -0.3 is 0 Å². The highest BCUT2D eigenvalue weighted by Gasteiger charge is 2.15. The lowest BCUT2D eigenvalue weighted by Gasteiger charge is -2.08. The summed E-state index contributed by atoms with van der Waals surface area (Å²) in [7, 11) is 0. The molecular weight excluding hydrogens is 384 g/mol. The number of hydrazone groups is 1. The number of nitrogens with one attached hydrogen (secondary N) is 1. The number of benzene rings is 2. The van der Waals surface area contributed by atoms with Crippen LogP contribution in [0, 0.1) is 0 Å². The number of hydrogen-bond acceptors (Lipinski definition) is 4. The number of carbonyl (C=O) groups is 1. The first-order valence-electron chi connectivity index (χ1n) is 7.69. The van der Waals surface area contributed by atoms with Gasteiger partial charge in [-0.15, -0.1) is 0 Å². The molecule has 3 rings (SSSR count). The van der Waals surface area contributed by atoms with Crippen LogP contribution in [0.2, 0.25) is 0 Å². The number of rotatable bonds is 4. The summed E-state index contributed by atoms with van der Waals surface area (Å²) in [6, 6.07) is 14.4. The fourth-order valence-corrected chi connectivity index (χ4v) is 2.80. The standard InChI is InChI=1S/C18H15BrN4O2/c1-2-23-18(25)14-9-5-4-8-13(14)16(22-23)17(24)21-20-11-12-7-3-6-10-15(12)19/h3-11H,2H2,1H3,(H,21,24)/b20-11-. The monoisotopic (exact) mass is 398 g/mol. The molecule has 0 unspecified atom stereocenters. The van der Waals surface area contributed by atoms with Gasteiger partial charge in [0.2, 0.25) is 0 Å². The van der Waals surface area contributed by atoms with Gasteiger partial charge in [0.25, 0.3) is 11.5 Å². The SMILES string of the molecule is CCn1nc(C(=O)N/N=C\c2ccccc2Br)c2ccccc2c1=O. The van der Waals surface area contributed by atoms with Crippen LogP contribution in [0.25, 0.3) is 10.8 Å². The molecule has 1 aromatic heterocycles. The molecule has 2 aromatic carbocycles. The van der Waals surface area contributed by atoms with Crippen molar-refractivity contribution in [3.8, 4) is 0 Å². The maximum Gasteiger partial charge on any atom is 0.292 e. The van der Waals surface area contributed by atoms with Crippen LogP contribution in [-0.4, -0.2) is 21.9 Å². The molecule has 0 aliphatic rings. The minimum atomic E-state index is -0.471. The summed E-state index contributed by atoms with van der Waals surface area (Å²) in [5.74, 6) is -0.471. The van der Waals surface area contributed by atoms with E-state index in [2.05, 4.69) is 31.6 Å². The van der Waals surface area contributed by atoms with Gasteiger partial charge in [-0.25, -0.2) is 10.1 Å². The van der Waals surface area contributed by atoms with Gasteiger partial charge in [-0.1, -0.05) is 52.3 Å². The highest BCUT2D eigenvalue weighted by atomic mass is 79.9. The van der Waals surface area contributed by atoms with Crippen LogP contribution in [0.5, 0.6) is 0 Å². The van der Waals surface area contributed by atoms with Crippen LogP contribution in [0.15, 0.2) is 62.9 Å². The number of amides is 1. The minimum absolute atomic E-state index is 0.168. The molecule has 0 bridgehead atoms. The largest absolute Gasteiger partial charge is 0.292 e. The Bertz CT molecular complexity index is 1030. The average Bonchev–Trinajstić information content (AvgIpc) is 2.64. The van der Waals surface area contributed by atoms with Gasteiger partial charge in [-0.05, 0) is 19.1 Å². The van der Waals surface area contributed by atoms with Crippen molar-refractivity contribution in [2.75, 3.05) is 0 Å². The Morgan fingerprint density at radius 2 is 1.88 bits per heavy atom. The van der Waals surface area contributed by atoms with Crippen molar-refractivity contribution >= 4 is 38.8 Å². The fraction of sp³-hybridized carbons (Fsp3) is 0.111. The number of nitrogens with zero attached hydrogens (tertiary/aromatic N) is 3. The number of hydrogen-bond donors (Lipinski definition) is 1. The number of halogens is 1. The summed E-state index contributed by atoms with van der Waals surface area (Å²) in [4.78, 5) is 24.8. The van der Waals surface area contributed by atoms with Crippen LogP contribution in [0.3, 0.4) is 0 Å². The zero-order valence-corrected chi connectivity index (χ0v) is 15.0. The lowest BCUT2D eigenvalue weighted by molar-refractivity contribution is 0.0949. The molecule has 1 N–H and O–H groups in total. The van der Waals surface area contributed by atoms with E-state index in [9.17, 15) is 9.59 Å². The lowest BCUT2D eigenvalue weighted by Crippen LogP contribution is -2.28. The van der Waals surface area contributed by atoms with Crippen molar-refractivity contribution in [3.63, 3.8) is 0 Å². The molecule has 25 heavy (non-hydrogen) atoms. The smallest absolute Gasteiger partial charge is 0.267 e. The Morgan fingerprint density at radius 1 is 1.20 bits per heavy atom.